The number of nitrogens with one attached hydrogen (secondary N) is 3. The molecule has 1 aliphatic rings. The predicted molar refractivity (Wildman–Crippen MR) is 121 cm³/mol. The molecule has 0 bridgehead atoms. The molecule has 0 spiro atoms. The van der Waals surface area contributed by atoms with Gasteiger partial charge >= 0.3 is 0 Å². The first-order chi connectivity index (χ1) is 14.3. The molecule has 168 valence electrons. The van der Waals surface area contributed by atoms with Crippen molar-refractivity contribution in [1.29, 1.82) is 0 Å². The van der Waals surface area contributed by atoms with E-state index in [2.05, 4.69) is 45.8 Å². The van der Waals surface area contributed by atoms with Crippen LogP contribution in [-0.4, -0.2) is 77.3 Å². The lowest BCUT2D eigenvalue weighted by molar-refractivity contribution is -0.122. The van der Waals surface area contributed by atoms with Gasteiger partial charge in [0, 0.05) is 45.2 Å². The Hall–Kier alpha value is -2.48. The Morgan fingerprint density at radius 1 is 1.20 bits per heavy atom. The summed E-state index contributed by atoms with van der Waals surface area (Å²) in [7, 11) is 6.76. The van der Waals surface area contributed by atoms with Gasteiger partial charge < -0.3 is 25.4 Å². The van der Waals surface area contributed by atoms with Crippen LogP contribution in [0.2, 0.25) is 0 Å². The molecule has 1 amide bonds. The third-order valence-corrected chi connectivity index (χ3v) is 5.66. The normalized spacial score (nSPS) is 16.1. The molecule has 1 aromatic carbocycles. The van der Waals surface area contributed by atoms with Crippen LogP contribution in [0.25, 0.3) is 0 Å². The molecule has 0 saturated carbocycles. The van der Waals surface area contributed by atoms with Gasteiger partial charge in [-0.25, -0.2) is 0 Å². The zero-order valence-corrected chi connectivity index (χ0v) is 19.2. The first kappa shape index (κ1) is 23.8. The molecule has 1 saturated heterocycles. The molecule has 0 unspecified atom stereocenters. The van der Waals surface area contributed by atoms with Crippen molar-refractivity contribution in [1.82, 2.24) is 20.9 Å². The molecule has 0 aromatic heterocycles. The third-order valence-electron chi connectivity index (χ3n) is 5.66. The van der Waals surface area contributed by atoms with Crippen molar-refractivity contribution < 1.29 is 14.3 Å². The highest BCUT2D eigenvalue weighted by atomic mass is 16.5. The second-order valence-corrected chi connectivity index (χ2v) is 8.25. The fraction of sp³-hybridized carbons (Fsp3) is 0.636. The van der Waals surface area contributed by atoms with Crippen molar-refractivity contribution in [2.24, 2.45) is 4.99 Å². The highest BCUT2D eigenvalue weighted by Gasteiger charge is 2.24. The van der Waals surface area contributed by atoms with Crippen LogP contribution in [0.1, 0.15) is 32.3 Å². The van der Waals surface area contributed by atoms with Crippen LogP contribution in [0.4, 0.5) is 0 Å². The van der Waals surface area contributed by atoms with Crippen molar-refractivity contribution in [3.05, 3.63) is 23.8 Å². The summed E-state index contributed by atoms with van der Waals surface area (Å²) >= 11 is 0. The van der Waals surface area contributed by atoms with E-state index in [1.54, 1.807) is 28.3 Å². The number of benzene rings is 1. The third kappa shape index (κ3) is 6.52. The summed E-state index contributed by atoms with van der Waals surface area (Å²) in [6.45, 7) is 7.36. The summed E-state index contributed by atoms with van der Waals surface area (Å²) in [4.78, 5) is 18.1. The fourth-order valence-corrected chi connectivity index (χ4v) is 3.57. The van der Waals surface area contributed by atoms with Gasteiger partial charge in [-0.1, -0.05) is 19.9 Å². The first-order valence-electron chi connectivity index (χ1n) is 10.5. The smallest absolute Gasteiger partial charge is 0.233 e. The van der Waals surface area contributed by atoms with Gasteiger partial charge in [0.05, 0.1) is 20.8 Å². The van der Waals surface area contributed by atoms with Crippen molar-refractivity contribution in [3.63, 3.8) is 0 Å². The number of carbonyl (C=O) groups excluding carboxylic acids is 1. The van der Waals surface area contributed by atoms with Gasteiger partial charge in [0.1, 0.15) is 0 Å². The van der Waals surface area contributed by atoms with Crippen LogP contribution >= 0.6 is 0 Å². The van der Waals surface area contributed by atoms with Gasteiger partial charge in [-0.15, -0.1) is 0 Å². The van der Waals surface area contributed by atoms with Crippen molar-refractivity contribution >= 4 is 11.9 Å². The second-order valence-electron chi connectivity index (χ2n) is 8.25. The van der Waals surface area contributed by atoms with Gasteiger partial charge in [0.2, 0.25) is 5.91 Å². The SMILES string of the molecule is CN=C(NCC(C)(C)c1ccc(OC)c(OC)c1)NC1CCN(CC(=O)NC)CC1. The first-order valence-corrected chi connectivity index (χ1v) is 10.5. The summed E-state index contributed by atoms with van der Waals surface area (Å²) in [5.74, 6) is 2.32. The number of carbonyl (C=O) groups is 1. The van der Waals surface area contributed by atoms with Crippen molar-refractivity contribution in [2.45, 2.75) is 38.1 Å². The highest BCUT2D eigenvalue weighted by molar-refractivity contribution is 5.80. The average molecular weight is 420 g/mol. The van der Waals surface area contributed by atoms with Gasteiger partial charge in [-0.2, -0.15) is 0 Å². The predicted octanol–water partition coefficient (Wildman–Crippen LogP) is 1.36. The molecular weight excluding hydrogens is 382 g/mol. The molecule has 0 atom stereocenters. The Morgan fingerprint density at radius 3 is 2.43 bits per heavy atom. The molecule has 30 heavy (non-hydrogen) atoms. The maximum absolute atomic E-state index is 11.5. The summed E-state index contributed by atoms with van der Waals surface area (Å²) < 4.78 is 10.8. The Morgan fingerprint density at radius 2 is 1.87 bits per heavy atom. The van der Waals surface area contributed by atoms with E-state index in [0.717, 1.165) is 55.5 Å². The molecule has 8 nitrogen and oxygen atoms in total. The summed E-state index contributed by atoms with van der Waals surface area (Å²) in [6, 6.07) is 6.39. The minimum atomic E-state index is -0.131. The molecule has 2 rings (SSSR count). The van der Waals surface area contributed by atoms with Gasteiger partial charge in [-0.3, -0.25) is 14.7 Å². The zero-order chi connectivity index (χ0) is 22.1. The monoisotopic (exact) mass is 419 g/mol. The highest BCUT2D eigenvalue weighted by Crippen LogP contribution is 2.32. The number of amides is 1. The van der Waals surface area contributed by atoms with E-state index in [9.17, 15) is 4.79 Å². The Balaban J connectivity index is 1.88. The number of guanidine groups is 1. The van der Waals surface area contributed by atoms with Crippen LogP contribution in [0.5, 0.6) is 11.5 Å². The van der Waals surface area contributed by atoms with E-state index >= 15 is 0 Å². The minimum absolute atomic E-state index is 0.0660. The molecule has 3 N–H and O–H groups in total. The summed E-state index contributed by atoms with van der Waals surface area (Å²) in [6.07, 6.45) is 1.97. The molecule has 1 heterocycles. The van der Waals surface area contributed by atoms with Gasteiger partial charge in [-0.05, 0) is 30.5 Å². The standard InChI is InChI=1S/C22H37N5O3/c1-22(2,16-7-8-18(29-5)19(13-16)30-6)15-25-21(24-4)26-17-9-11-27(12-10-17)14-20(28)23-3/h7-8,13,17H,9-12,14-15H2,1-6H3,(H,23,28)(H2,24,25,26). The molecule has 1 fully saturated rings. The molecule has 1 aliphatic heterocycles. The lowest BCUT2D eigenvalue weighted by atomic mass is 9.84. The number of piperidine rings is 1. The largest absolute Gasteiger partial charge is 0.493 e. The minimum Gasteiger partial charge on any atom is -0.493 e. The van der Waals surface area contributed by atoms with E-state index < -0.39 is 0 Å². The Kier molecular flexibility index (Phi) is 8.77. The van der Waals surface area contributed by atoms with E-state index in [0.29, 0.717) is 12.6 Å². The number of rotatable bonds is 8. The maximum Gasteiger partial charge on any atom is 0.233 e. The van der Waals surface area contributed by atoms with Gasteiger partial charge in [0.25, 0.3) is 0 Å². The van der Waals surface area contributed by atoms with Crippen LogP contribution in [0.15, 0.2) is 23.2 Å². The second kappa shape index (κ2) is 11.1. The average Bonchev–Trinajstić information content (AvgIpc) is 2.77. The van der Waals surface area contributed by atoms with E-state index in [1.807, 2.05) is 12.1 Å². The number of hydrogen-bond donors (Lipinski definition) is 3. The van der Waals surface area contributed by atoms with E-state index in [4.69, 9.17) is 9.47 Å². The lowest BCUT2D eigenvalue weighted by Crippen LogP contribution is -2.51. The number of likely N-dealkylation sites (N-methyl/N-ethyl adjacent to an activating group) is 1. The topological polar surface area (TPSA) is 87.2 Å². The van der Waals surface area contributed by atoms with E-state index in [1.165, 1.54) is 0 Å². The number of ether oxygens (including phenoxy) is 2. The lowest BCUT2D eigenvalue weighted by Gasteiger charge is -2.33. The summed E-state index contributed by atoms with van der Waals surface area (Å²) in [5.41, 5.74) is 1.03. The van der Waals surface area contributed by atoms with Gasteiger partial charge in [0.15, 0.2) is 17.5 Å². The van der Waals surface area contributed by atoms with Crippen LogP contribution in [-0.2, 0) is 10.2 Å². The molecule has 1 aromatic rings. The number of nitrogens with zero attached hydrogens (tertiary/aromatic N) is 2. The quantitative estimate of drug-likeness (QED) is 0.436. The molecule has 0 aliphatic carbocycles. The fourth-order valence-electron chi connectivity index (χ4n) is 3.57. The van der Waals surface area contributed by atoms with Crippen molar-refractivity contribution in [2.75, 3.05) is 54.5 Å². The van der Waals surface area contributed by atoms with Crippen LogP contribution in [0, 0.1) is 0 Å². The van der Waals surface area contributed by atoms with E-state index in [-0.39, 0.29) is 11.3 Å². The zero-order valence-electron chi connectivity index (χ0n) is 19.2. The van der Waals surface area contributed by atoms with Crippen LogP contribution < -0.4 is 25.4 Å². The molecule has 0 radical (unpaired) electrons. The Labute approximate surface area is 180 Å². The maximum atomic E-state index is 11.5. The van der Waals surface area contributed by atoms with Crippen LogP contribution in [0.3, 0.4) is 0 Å². The summed E-state index contributed by atoms with van der Waals surface area (Å²) in [5, 5.41) is 9.67. The van der Waals surface area contributed by atoms with Crippen molar-refractivity contribution in [3.8, 4) is 11.5 Å². The molecular formula is C22H37N5O3. The number of aliphatic imine (C=N–C) groups is 1. The number of likely N-dealkylation sites (tertiary alicyclic amines) is 1. The molecule has 8 heteroatoms. The number of methoxy groups -OCH3 is 2. The Bertz CT molecular complexity index is 727. The number of hydrogen-bond acceptors (Lipinski definition) is 5.